The van der Waals surface area contributed by atoms with Crippen LogP contribution in [0.15, 0.2) is 30.3 Å². The van der Waals surface area contributed by atoms with Gasteiger partial charge in [0.15, 0.2) is 0 Å². The van der Waals surface area contributed by atoms with Crippen molar-refractivity contribution in [1.82, 2.24) is 4.90 Å². The molecule has 1 amide bonds. The van der Waals surface area contributed by atoms with E-state index >= 15 is 0 Å². The molecule has 0 aromatic heterocycles. The molecule has 1 aliphatic rings. The molecule has 1 saturated carbocycles. The van der Waals surface area contributed by atoms with Gasteiger partial charge < -0.3 is 14.7 Å². The van der Waals surface area contributed by atoms with E-state index in [0.29, 0.717) is 6.61 Å². The predicted molar refractivity (Wildman–Crippen MR) is 72.7 cm³/mol. The van der Waals surface area contributed by atoms with Crippen molar-refractivity contribution < 1.29 is 14.6 Å². The Bertz CT molecular complexity index is 399. The summed E-state index contributed by atoms with van der Waals surface area (Å²) in [7, 11) is 1.77. The van der Waals surface area contributed by atoms with Crippen LogP contribution < -0.4 is 0 Å². The lowest BCUT2D eigenvalue weighted by atomic mass is 9.92. The Hall–Kier alpha value is -1.55. The third-order valence-corrected chi connectivity index (χ3v) is 3.71. The van der Waals surface area contributed by atoms with Gasteiger partial charge in [-0.2, -0.15) is 0 Å². The van der Waals surface area contributed by atoms with Crippen molar-refractivity contribution in [2.45, 2.75) is 44.4 Å². The Morgan fingerprint density at radius 2 is 1.89 bits per heavy atom. The van der Waals surface area contributed by atoms with Crippen LogP contribution in [-0.4, -0.2) is 35.3 Å². The maximum Gasteiger partial charge on any atom is 0.410 e. The zero-order valence-electron chi connectivity index (χ0n) is 11.3. The number of nitrogens with zero attached hydrogens (tertiary/aromatic N) is 1. The molecule has 0 aliphatic heterocycles. The largest absolute Gasteiger partial charge is 0.445 e. The second kappa shape index (κ2) is 6.57. The van der Waals surface area contributed by atoms with Crippen LogP contribution in [0, 0.1) is 0 Å². The van der Waals surface area contributed by atoms with Gasteiger partial charge in [-0.25, -0.2) is 4.79 Å². The van der Waals surface area contributed by atoms with Gasteiger partial charge in [-0.1, -0.05) is 30.3 Å². The molecule has 1 fully saturated rings. The monoisotopic (exact) mass is 263 g/mol. The Kier molecular flexibility index (Phi) is 4.80. The standard InChI is InChI=1S/C15H21NO3/c1-16(13-7-9-14(17)10-8-13)15(18)19-11-12-5-3-2-4-6-12/h2-6,13-14,17H,7-11H2,1H3. The summed E-state index contributed by atoms with van der Waals surface area (Å²) in [5.74, 6) is 0. The van der Waals surface area contributed by atoms with Gasteiger partial charge in [0.05, 0.1) is 6.10 Å². The van der Waals surface area contributed by atoms with Crippen molar-refractivity contribution in [2.24, 2.45) is 0 Å². The smallest absolute Gasteiger partial charge is 0.410 e. The highest BCUT2D eigenvalue weighted by atomic mass is 16.6. The number of aliphatic hydroxyl groups is 1. The number of hydrogen-bond donors (Lipinski definition) is 1. The van der Waals surface area contributed by atoms with Crippen LogP contribution in [0.5, 0.6) is 0 Å². The number of carbonyl (C=O) groups is 1. The summed E-state index contributed by atoms with van der Waals surface area (Å²) in [6.45, 7) is 0.305. The van der Waals surface area contributed by atoms with Crippen molar-refractivity contribution >= 4 is 6.09 Å². The third-order valence-electron chi connectivity index (χ3n) is 3.71. The predicted octanol–water partition coefficient (Wildman–Crippen LogP) is 2.56. The molecule has 0 spiro atoms. The fourth-order valence-electron chi connectivity index (χ4n) is 2.42. The zero-order valence-corrected chi connectivity index (χ0v) is 11.3. The second-order valence-corrected chi connectivity index (χ2v) is 5.11. The lowest BCUT2D eigenvalue weighted by Gasteiger charge is -2.32. The Labute approximate surface area is 114 Å². The molecular formula is C15H21NO3. The summed E-state index contributed by atoms with van der Waals surface area (Å²) in [5, 5.41) is 9.46. The molecule has 1 N–H and O–H groups in total. The zero-order chi connectivity index (χ0) is 13.7. The van der Waals surface area contributed by atoms with Crippen LogP contribution in [0.1, 0.15) is 31.2 Å². The number of ether oxygens (including phenoxy) is 1. The highest BCUT2D eigenvalue weighted by molar-refractivity contribution is 5.67. The SMILES string of the molecule is CN(C(=O)OCc1ccccc1)C1CCC(O)CC1. The molecular weight excluding hydrogens is 242 g/mol. The van der Waals surface area contributed by atoms with Gasteiger partial charge in [0.25, 0.3) is 0 Å². The lowest BCUT2D eigenvalue weighted by Crippen LogP contribution is -2.40. The molecule has 4 nitrogen and oxygen atoms in total. The molecule has 104 valence electrons. The van der Waals surface area contributed by atoms with Gasteiger partial charge >= 0.3 is 6.09 Å². The number of rotatable bonds is 3. The summed E-state index contributed by atoms with van der Waals surface area (Å²) in [4.78, 5) is 13.6. The van der Waals surface area contributed by atoms with E-state index in [4.69, 9.17) is 4.74 Å². The van der Waals surface area contributed by atoms with Crippen molar-refractivity contribution in [2.75, 3.05) is 7.05 Å². The van der Waals surface area contributed by atoms with E-state index in [-0.39, 0.29) is 18.2 Å². The minimum absolute atomic E-state index is 0.187. The number of amides is 1. The fourth-order valence-corrected chi connectivity index (χ4v) is 2.42. The summed E-state index contributed by atoms with van der Waals surface area (Å²) in [6, 6.07) is 9.84. The van der Waals surface area contributed by atoms with E-state index in [1.165, 1.54) is 0 Å². The minimum Gasteiger partial charge on any atom is -0.445 e. The van der Waals surface area contributed by atoms with E-state index < -0.39 is 0 Å². The van der Waals surface area contributed by atoms with Gasteiger partial charge in [0.1, 0.15) is 6.61 Å². The molecule has 0 atom stereocenters. The maximum absolute atomic E-state index is 11.9. The molecule has 19 heavy (non-hydrogen) atoms. The van der Waals surface area contributed by atoms with Crippen molar-refractivity contribution in [3.63, 3.8) is 0 Å². The van der Waals surface area contributed by atoms with Gasteiger partial charge in [-0.15, -0.1) is 0 Å². The maximum atomic E-state index is 11.9. The summed E-state index contributed by atoms with van der Waals surface area (Å²) in [6.07, 6.45) is 2.73. The Morgan fingerprint density at radius 3 is 2.53 bits per heavy atom. The Morgan fingerprint density at radius 1 is 1.26 bits per heavy atom. The van der Waals surface area contributed by atoms with Crippen molar-refractivity contribution in [3.8, 4) is 0 Å². The van der Waals surface area contributed by atoms with Crippen LogP contribution in [0.4, 0.5) is 4.79 Å². The molecule has 1 aromatic carbocycles. The first kappa shape index (κ1) is 13.9. The quantitative estimate of drug-likeness (QED) is 0.911. The van der Waals surface area contributed by atoms with Crippen LogP contribution in [0.2, 0.25) is 0 Å². The topological polar surface area (TPSA) is 49.8 Å². The van der Waals surface area contributed by atoms with Crippen molar-refractivity contribution in [3.05, 3.63) is 35.9 Å². The van der Waals surface area contributed by atoms with Crippen molar-refractivity contribution in [1.29, 1.82) is 0 Å². The summed E-state index contributed by atoms with van der Waals surface area (Å²) < 4.78 is 5.29. The summed E-state index contributed by atoms with van der Waals surface area (Å²) in [5.41, 5.74) is 0.989. The number of aliphatic hydroxyl groups excluding tert-OH is 1. The van der Waals surface area contributed by atoms with Crippen LogP contribution in [0.25, 0.3) is 0 Å². The Balaban J connectivity index is 1.79. The van der Waals surface area contributed by atoms with Gasteiger partial charge in [-0.3, -0.25) is 0 Å². The van der Waals surface area contributed by atoms with E-state index in [2.05, 4.69) is 0 Å². The fraction of sp³-hybridized carbons (Fsp3) is 0.533. The van der Waals surface area contributed by atoms with Gasteiger partial charge in [0.2, 0.25) is 0 Å². The molecule has 0 radical (unpaired) electrons. The lowest BCUT2D eigenvalue weighted by molar-refractivity contribution is 0.0596. The molecule has 0 unspecified atom stereocenters. The van der Waals surface area contributed by atoms with Crippen LogP contribution in [-0.2, 0) is 11.3 Å². The number of hydrogen-bond acceptors (Lipinski definition) is 3. The molecule has 1 aromatic rings. The normalized spacial score (nSPS) is 22.8. The van der Waals surface area contributed by atoms with Gasteiger partial charge in [-0.05, 0) is 31.2 Å². The molecule has 1 aliphatic carbocycles. The first-order valence-corrected chi connectivity index (χ1v) is 6.78. The molecule has 0 bridgehead atoms. The van der Waals surface area contributed by atoms with E-state index in [1.54, 1.807) is 11.9 Å². The molecule has 0 heterocycles. The third kappa shape index (κ3) is 3.96. The van der Waals surface area contributed by atoms with Crippen LogP contribution in [0.3, 0.4) is 0 Å². The highest BCUT2D eigenvalue weighted by Gasteiger charge is 2.26. The number of carbonyl (C=O) groups excluding carboxylic acids is 1. The van der Waals surface area contributed by atoms with Crippen LogP contribution >= 0.6 is 0 Å². The first-order chi connectivity index (χ1) is 9.16. The average molecular weight is 263 g/mol. The minimum atomic E-state index is -0.287. The number of benzene rings is 1. The van der Waals surface area contributed by atoms with E-state index in [0.717, 1.165) is 31.2 Å². The second-order valence-electron chi connectivity index (χ2n) is 5.11. The first-order valence-electron chi connectivity index (χ1n) is 6.78. The molecule has 2 rings (SSSR count). The van der Waals surface area contributed by atoms with E-state index in [9.17, 15) is 9.90 Å². The summed E-state index contributed by atoms with van der Waals surface area (Å²) >= 11 is 0. The van der Waals surface area contributed by atoms with Gasteiger partial charge in [0, 0.05) is 13.1 Å². The molecule has 0 saturated heterocycles. The average Bonchev–Trinajstić information content (AvgIpc) is 2.46. The molecule has 4 heteroatoms. The highest BCUT2D eigenvalue weighted by Crippen LogP contribution is 2.22. The van der Waals surface area contributed by atoms with E-state index in [1.807, 2.05) is 30.3 Å².